The first-order valence-corrected chi connectivity index (χ1v) is 9.25. The summed E-state index contributed by atoms with van der Waals surface area (Å²) < 4.78 is 7.58. The molecule has 1 atom stereocenters. The Hall–Kier alpha value is -1.44. The molecule has 2 aliphatic heterocycles. The van der Waals surface area contributed by atoms with E-state index in [-0.39, 0.29) is 11.8 Å². The van der Waals surface area contributed by atoms with E-state index < -0.39 is 0 Å². The van der Waals surface area contributed by atoms with Crippen LogP contribution in [0.5, 0.6) is 0 Å². The van der Waals surface area contributed by atoms with Gasteiger partial charge in [-0.15, -0.1) is 0 Å². The Kier molecular flexibility index (Phi) is 6.09. The van der Waals surface area contributed by atoms with E-state index in [1.54, 1.807) is 4.90 Å². The maximum absolute atomic E-state index is 12.7. The fourth-order valence-corrected chi connectivity index (χ4v) is 3.92. The van der Waals surface area contributed by atoms with Gasteiger partial charge in [0.1, 0.15) is 0 Å². The van der Waals surface area contributed by atoms with Gasteiger partial charge in [-0.2, -0.15) is 0 Å². The molecule has 0 unspecified atom stereocenters. The number of aryl methyl sites for hydroxylation is 1. The summed E-state index contributed by atoms with van der Waals surface area (Å²) in [6, 6.07) is 0.544. The van der Waals surface area contributed by atoms with E-state index in [0.29, 0.717) is 6.04 Å². The maximum atomic E-state index is 12.7. The first-order chi connectivity index (χ1) is 12.0. The zero-order valence-corrected chi connectivity index (χ0v) is 15.7. The summed E-state index contributed by atoms with van der Waals surface area (Å²) in [6.07, 6.45) is 5.91. The van der Waals surface area contributed by atoms with Crippen molar-refractivity contribution in [1.29, 1.82) is 0 Å². The SMILES string of the molecule is CN(C)C(=O)[C@H]1CN(Cc2cncn2C)CCN(C2CCOCC2)C1. The molecule has 0 radical (unpaired) electrons. The van der Waals surface area contributed by atoms with Crippen LogP contribution in [0.4, 0.5) is 0 Å². The molecule has 1 aromatic heterocycles. The van der Waals surface area contributed by atoms with Gasteiger partial charge in [-0.1, -0.05) is 0 Å². The smallest absolute Gasteiger partial charge is 0.227 e. The highest BCUT2D eigenvalue weighted by molar-refractivity contribution is 5.78. The Balaban J connectivity index is 1.72. The van der Waals surface area contributed by atoms with Gasteiger partial charge in [-0.05, 0) is 12.8 Å². The fraction of sp³-hybridized carbons (Fsp3) is 0.778. The van der Waals surface area contributed by atoms with Crippen molar-refractivity contribution in [2.24, 2.45) is 13.0 Å². The molecule has 2 aliphatic rings. The summed E-state index contributed by atoms with van der Waals surface area (Å²) in [7, 11) is 5.74. The molecule has 25 heavy (non-hydrogen) atoms. The van der Waals surface area contributed by atoms with Crippen LogP contribution in [0, 0.1) is 5.92 Å². The van der Waals surface area contributed by atoms with Gasteiger partial charge in [0.15, 0.2) is 0 Å². The van der Waals surface area contributed by atoms with E-state index in [0.717, 1.165) is 58.8 Å². The quantitative estimate of drug-likeness (QED) is 0.789. The number of amides is 1. The van der Waals surface area contributed by atoms with Crippen molar-refractivity contribution in [3.63, 3.8) is 0 Å². The summed E-state index contributed by atoms with van der Waals surface area (Å²) in [5.74, 6) is 0.252. The molecule has 0 spiro atoms. The molecule has 2 saturated heterocycles. The molecule has 1 amide bonds. The van der Waals surface area contributed by atoms with Gasteiger partial charge >= 0.3 is 0 Å². The molecule has 7 nitrogen and oxygen atoms in total. The van der Waals surface area contributed by atoms with Crippen LogP contribution >= 0.6 is 0 Å². The lowest BCUT2D eigenvalue weighted by atomic mass is 10.0. The number of nitrogens with zero attached hydrogens (tertiary/aromatic N) is 5. The van der Waals surface area contributed by atoms with Crippen molar-refractivity contribution < 1.29 is 9.53 Å². The van der Waals surface area contributed by atoms with Crippen LogP contribution in [0.2, 0.25) is 0 Å². The van der Waals surface area contributed by atoms with Crippen LogP contribution in [-0.4, -0.2) is 89.7 Å². The average molecular weight is 349 g/mol. The van der Waals surface area contributed by atoms with Crippen molar-refractivity contribution in [3.05, 3.63) is 18.2 Å². The molecule has 7 heteroatoms. The minimum Gasteiger partial charge on any atom is -0.381 e. The van der Waals surface area contributed by atoms with Crippen LogP contribution in [0.1, 0.15) is 18.5 Å². The van der Waals surface area contributed by atoms with Gasteiger partial charge in [0.2, 0.25) is 5.91 Å². The van der Waals surface area contributed by atoms with E-state index in [9.17, 15) is 4.79 Å². The molecule has 1 aromatic rings. The summed E-state index contributed by atoms with van der Waals surface area (Å²) in [6.45, 7) is 6.18. The van der Waals surface area contributed by atoms with Crippen LogP contribution in [0.3, 0.4) is 0 Å². The lowest BCUT2D eigenvalue weighted by Gasteiger charge is -2.34. The third-order valence-electron chi connectivity index (χ3n) is 5.44. The minimum absolute atomic E-state index is 0.0218. The maximum Gasteiger partial charge on any atom is 0.227 e. The predicted molar refractivity (Wildman–Crippen MR) is 96.1 cm³/mol. The van der Waals surface area contributed by atoms with E-state index in [1.807, 2.05) is 33.7 Å². The number of aromatic nitrogens is 2. The van der Waals surface area contributed by atoms with Gasteiger partial charge < -0.3 is 14.2 Å². The second kappa shape index (κ2) is 8.29. The number of hydrogen-bond acceptors (Lipinski definition) is 5. The number of hydrogen-bond donors (Lipinski definition) is 0. The molecule has 3 rings (SSSR count). The highest BCUT2D eigenvalue weighted by Gasteiger charge is 2.32. The van der Waals surface area contributed by atoms with Crippen molar-refractivity contribution in [2.75, 3.05) is 53.5 Å². The Morgan fingerprint density at radius 1 is 1.28 bits per heavy atom. The zero-order chi connectivity index (χ0) is 17.8. The molecule has 2 fully saturated rings. The molecule has 3 heterocycles. The number of carbonyl (C=O) groups is 1. The topological polar surface area (TPSA) is 53.8 Å². The average Bonchev–Trinajstić information content (AvgIpc) is 2.90. The Morgan fingerprint density at radius 2 is 2.04 bits per heavy atom. The molecule has 0 bridgehead atoms. The van der Waals surface area contributed by atoms with E-state index in [1.165, 1.54) is 5.69 Å². The Labute approximate surface area is 150 Å². The molecular weight excluding hydrogens is 318 g/mol. The molecule has 0 aromatic carbocycles. The second-order valence-corrected chi connectivity index (χ2v) is 7.50. The Morgan fingerprint density at radius 3 is 2.68 bits per heavy atom. The van der Waals surface area contributed by atoms with Crippen molar-refractivity contribution in [1.82, 2.24) is 24.3 Å². The molecule has 0 aliphatic carbocycles. The van der Waals surface area contributed by atoms with E-state index in [4.69, 9.17) is 4.74 Å². The number of carbonyl (C=O) groups excluding carboxylic acids is 1. The van der Waals surface area contributed by atoms with Gasteiger partial charge in [0.25, 0.3) is 0 Å². The summed E-state index contributed by atoms with van der Waals surface area (Å²) in [5, 5.41) is 0. The summed E-state index contributed by atoms with van der Waals surface area (Å²) in [5.41, 5.74) is 1.19. The van der Waals surface area contributed by atoms with E-state index in [2.05, 4.69) is 19.4 Å². The number of ether oxygens (including phenoxy) is 1. The van der Waals surface area contributed by atoms with Crippen LogP contribution < -0.4 is 0 Å². The van der Waals surface area contributed by atoms with Crippen molar-refractivity contribution in [3.8, 4) is 0 Å². The van der Waals surface area contributed by atoms with Gasteiger partial charge in [-0.3, -0.25) is 14.6 Å². The summed E-state index contributed by atoms with van der Waals surface area (Å²) in [4.78, 5) is 23.6. The standard InChI is InChI=1S/C18H31N5O2/c1-20(2)18(24)15-11-22(13-17-10-19-14-21(17)3)6-7-23(12-15)16-4-8-25-9-5-16/h10,14-16H,4-9,11-13H2,1-3H3/t15-/m0/s1. The first kappa shape index (κ1) is 18.4. The molecular formula is C18H31N5O2. The predicted octanol–water partition coefficient (Wildman–Crippen LogP) is 0.421. The van der Waals surface area contributed by atoms with Gasteiger partial charge in [0, 0.05) is 79.3 Å². The van der Waals surface area contributed by atoms with Gasteiger partial charge in [-0.25, -0.2) is 4.98 Å². The lowest BCUT2D eigenvalue weighted by molar-refractivity contribution is -0.134. The third-order valence-corrected chi connectivity index (χ3v) is 5.44. The minimum atomic E-state index is 0.0218. The van der Waals surface area contributed by atoms with Crippen LogP contribution in [-0.2, 0) is 23.1 Å². The monoisotopic (exact) mass is 349 g/mol. The highest BCUT2D eigenvalue weighted by Crippen LogP contribution is 2.21. The van der Waals surface area contributed by atoms with Crippen LogP contribution in [0.25, 0.3) is 0 Å². The molecule has 140 valence electrons. The largest absolute Gasteiger partial charge is 0.381 e. The van der Waals surface area contributed by atoms with E-state index >= 15 is 0 Å². The summed E-state index contributed by atoms with van der Waals surface area (Å²) >= 11 is 0. The second-order valence-electron chi connectivity index (χ2n) is 7.50. The van der Waals surface area contributed by atoms with Crippen molar-refractivity contribution in [2.45, 2.75) is 25.4 Å². The highest BCUT2D eigenvalue weighted by atomic mass is 16.5. The lowest BCUT2D eigenvalue weighted by Crippen LogP contribution is -2.45. The zero-order valence-electron chi connectivity index (χ0n) is 15.7. The van der Waals surface area contributed by atoms with Gasteiger partial charge in [0.05, 0.1) is 17.9 Å². The van der Waals surface area contributed by atoms with Crippen molar-refractivity contribution >= 4 is 5.91 Å². The third kappa shape index (κ3) is 4.59. The molecule has 0 saturated carbocycles. The first-order valence-electron chi connectivity index (χ1n) is 9.25. The number of rotatable bonds is 4. The Bertz CT molecular complexity index is 568. The number of imidazole rings is 1. The molecule has 0 N–H and O–H groups in total. The normalized spacial score (nSPS) is 24.2. The van der Waals surface area contributed by atoms with Crippen LogP contribution in [0.15, 0.2) is 12.5 Å². The fourth-order valence-electron chi connectivity index (χ4n) is 3.92.